The van der Waals surface area contributed by atoms with Gasteiger partial charge in [-0.25, -0.2) is 4.39 Å². The highest BCUT2D eigenvalue weighted by atomic mass is 79.9. The summed E-state index contributed by atoms with van der Waals surface area (Å²) in [5.41, 5.74) is 1.42. The first-order valence-electron chi connectivity index (χ1n) is 4.96. The molecule has 17 heavy (non-hydrogen) atoms. The van der Waals surface area contributed by atoms with Crippen molar-refractivity contribution in [1.82, 2.24) is 0 Å². The van der Waals surface area contributed by atoms with Gasteiger partial charge in [0.15, 0.2) is 0 Å². The second-order valence-electron chi connectivity index (χ2n) is 3.63. The van der Waals surface area contributed by atoms with Crippen LogP contribution in [0.25, 0.3) is 0 Å². The maximum absolute atomic E-state index is 13.1. The molecule has 2 rings (SSSR count). The molecule has 0 aliphatic heterocycles. The van der Waals surface area contributed by atoms with Crippen molar-refractivity contribution in [3.8, 4) is 0 Å². The minimum absolute atomic E-state index is 0.336. The molecule has 0 aliphatic carbocycles. The van der Waals surface area contributed by atoms with Gasteiger partial charge in [0.05, 0.1) is 4.47 Å². The molecule has 4 heteroatoms. The summed E-state index contributed by atoms with van der Waals surface area (Å²) in [7, 11) is 0. The number of aliphatic hydroxyl groups excluding tert-OH is 1. The monoisotopic (exact) mass is 358 g/mol. The summed E-state index contributed by atoms with van der Waals surface area (Å²) in [5.74, 6) is -0.336. The van der Waals surface area contributed by atoms with Crippen molar-refractivity contribution < 1.29 is 9.50 Å². The van der Waals surface area contributed by atoms with Crippen LogP contribution in [0.3, 0.4) is 0 Å². The van der Waals surface area contributed by atoms with Gasteiger partial charge in [-0.3, -0.25) is 0 Å². The quantitative estimate of drug-likeness (QED) is 0.840. The van der Waals surface area contributed by atoms with E-state index in [9.17, 15) is 9.50 Å². The molecule has 0 saturated heterocycles. The Hall–Kier alpha value is -0.710. The summed E-state index contributed by atoms with van der Waals surface area (Å²) in [4.78, 5) is 0. The van der Waals surface area contributed by atoms with Crippen molar-refractivity contribution in [2.75, 3.05) is 0 Å². The summed E-state index contributed by atoms with van der Waals surface area (Å²) in [6.45, 7) is 0. The fraction of sp³-hybridized carbons (Fsp3) is 0.0769. The first-order valence-corrected chi connectivity index (χ1v) is 6.55. The average molecular weight is 360 g/mol. The van der Waals surface area contributed by atoms with Crippen molar-refractivity contribution in [2.24, 2.45) is 0 Å². The van der Waals surface area contributed by atoms with Gasteiger partial charge < -0.3 is 5.11 Å². The Morgan fingerprint density at radius 1 is 0.941 bits per heavy atom. The third kappa shape index (κ3) is 2.94. The Morgan fingerprint density at radius 2 is 1.53 bits per heavy atom. The van der Waals surface area contributed by atoms with E-state index >= 15 is 0 Å². The van der Waals surface area contributed by atoms with E-state index in [1.54, 1.807) is 12.1 Å². The van der Waals surface area contributed by atoms with Crippen molar-refractivity contribution in [3.63, 3.8) is 0 Å². The van der Waals surface area contributed by atoms with E-state index < -0.39 is 6.10 Å². The Kier molecular flexibility index (Phi) is 3.97. The van der Waals surface area contributed by atoms with Crippen LogP contribution in [-0.2, 0) is 0 Å². The lowest BCUT2D eigenvalue weighted by Crippen LogP contribution is -1.99. The predicted octanol–water partition coefficient (Wildman–Crippen LogP) is 4.43. The molecule has 0 fully saturated rings. The van der Waals surface area contributed by atoms with Gasteiger partial charge >= 0.3 is 0 Å². The van der Waals surface area contributed by atoms with E-state index in [2.05, 4.69) is 31.9 Å². The molecule has 0 heterocycles. The molecule has 0 amide bonds. The highest BCUT2D eigenvalue weighted by molar-refractivity contribution is 9.10. The van der Waals surface area contributed by atoms with Gasteiger partial charge in [0, 0.05) is 4.47 Å². The molecule has 1 atom stereocenters. The maximum atomic E-state index is 13.1. The van der Waals surface area contributed by atoms with Crippen molar-refractivity contribution >= 4 is 31.9 Å². The Bertz CT molecular complexity index is 525. The largest absolute Gasteiger partial charge is 0.384 e. The average Bonchev–Trinajstić information content (AvgIpc) is 2.33. The smallest absolute Gasteiger partial charge is 0.137 e. The normalized spacial score (nSPS) is 12.5. The molecular weight excluding hydrogens is 351 g/mol. The van der Waals surface area contributed by atoms with Crippen molar-refractivity contribution in [2.45, 2.75) is 6.10 Å². The number of rotatable bonds is 2. The van der Waals surface area contributed by atoms with E-state index in [0.29, 0.717) is 10.0 Å². The summed E-state index contributed by atoms with van der Waals surface area (Å²) in [6.07, 6.45) is -0.750. The zero-order valence-electron chi connectivity index (χ0n) is 8.70. The predicted molar refractivity (Wildman–Crippen MR) is 72.3 cm³/mol. The minimum Gasteiger partial charge on any atom is -0.384 e. The van der Waals surface area contributed by atoms with Crippen LogP contribution in [0.1, 0.15) is 17.2 Å². The SMILES string of the molecule is OC(c1ccc(Br)cc1)c1ccc(F)c(Br)c1. The van der Waals surface area contributed by atoms with Crippen LogP contribution in [0.2, 0.25) is 0 Å². The van der Waals surface area contributed by atoms with Crippen molar-refractivity contribution in [1.29, 1.82) is 0 Å². The second kappa shape index (κ2) is 5.29. The highest BCUT2D eigenvalue weighted by Gasteiger charge is 2.11. The van der Waals surface area contributed by atoms with Crippen LogP contribution in [0.15, 0.2) is 51.4 Å². The lowest BCUT2D eigenvalue weighted by molar-refractivity contribution is 0.220. The van der Waals surface area contributed by atoms with Gasteiger partial charge in [-0.2, -0.15) is 0 Å². The summed E-state index contributed by atoms with van der Waals surface area (Å²) < 4.78 is 14.4. The molecule has 0 spiro atoms. The summed E-state index contributed by atoms with van der Waals surface area (Å²) in [6, 6.07) is 11.9. The molecule has 0 radical (unpaired) electrons. The zero-order chi connectivity index (χ0) is 12.4. The molecule has 0 aromatic heterocycles. The second-order valence-corrected chi connectivity index (χ2v) is 5.40. The Balaban J connectivity index is 2.33. The third-order valence-corrected chi connectivity index (χ3v) is 3.58. The van der Waals surface area contributed by atoms with Gasteiger partial charge in [-0.05, 0) is 51.3 Å². The lowest BCUT2D eigenvalue weighted by Gasteiger charge is -2.12. The summed E-state index contributed by atoms with van der Waals surface area (Å²) in [5, 5.41) is 10.1. The van der Waals surface area contributed by atoms with Crippen LogP contribution in [-0.4, -0.2) is 5.11 Å². The Morgan fingerprint density at radius 3 is 2.12 bits per heavy atom. The van der Waals surface area contributed by atoms with Crippen LogP contribution in [0.4, 0.5) is 4.39 Å². The molecule has 1 nitrogen and oxygen atoms in total. The van der Waals surface area contributed by atoms with E-state index in [-0.39, 0.29) is 5.82 Å². The minimum atomic E-state index is -0.750. The molecule has 1 unspecified atom stereocenters. The fourth-order valence-electron chi connectivity index (χ4n) is 1.52. The highest BCUT2D eigenvalue weighted by Crippen LogP contribution is 2.26. The molecule has 0 aliphatic rings. The van der Waals surface area contributed by atoms with E-state index in [1.165, 1.54) is 6.07 Å². The lowest BCUT2D eigenvalue weighted by atomic mass is 10.0. The molecular formula is C13H9Br2FO. The van der Waals surface area contributed by atoms with Crippen LogP contribution in [0, 0.1) is 5.82 Å². The number of aliphatic hydroxyl groups is 1. The standard InChI is InChI=1S/C13H9Br2FO/c14-10-4-1-8(2-5-10)13(17)9-3-6-12(16)11(15)7-9/h1-7,13,17H. The van der Waals surface area contributed by atoms with Gasteiger partial charge in [0.2, 0.25) is 0 Å². The molecule has 1 N–H and O–H groups in total. The molecule has 88 valence electrons. The molecule has 2 aromatic rings. The van der Waals surface area contributed by atoms with Crippen LogP contribution in [0.5, 0.6) is 0 Å². The van der Waals surface area contributed by atoms with Crippen molar-refractivity contribution in [3.05, 3.63) is 68.4 Å². The maximum Gasteiger partial charge on any atom is 0.137 e. The number of halogens is 3. The van der Waals surface area contributed by atoms with Gasteiger partial charge in [-0.1, -0.05) is 34.1 Å². The summed E-state index contributed by atoms with van der Waals surface area (Å²) >= 11 is 6.44. The van der Waals surface area contributed by atoms with Crippen LogP contribution < -0.4 is 0 Å². The van der Waals surface area contributed by atoms with E-state index in [4.69, 9.17) is 0 Å². The van der Waals surface area contributed by atoms with Crippen LogP contribution >= 0.6 is 31.9 Å². The topological polar surface area (TPSA) is 20.2 Å². The third-order valence-electron chi connectivity index (χ3n) is 2.45. The van der Waals surface area contributed by atoms with Gasteiger partial charge in [-0.15, -0.1) is 0 Å². The first kappa shape index (κ1) is 12.7. The molecule has 0 saturated carbocycles. The van der Waals surface area contributed by atoms with Gasteiger partial charge in [0.1, 0.15) is 11.9 Å². The molecule has 2 aromatic carbocycles. The zero-order valence-corrected chi connectivity index (χ0v) is 11.9. The number of hydrogen-bond donors (Lipinski definition) is 1. The molecule has 0 bridgehead atoms. The number of benzene rings is 2. The van der Waals surface area contributed by atoms with E-state index in [0.717, 1.165) is 10.0 Å². The van der Waals surface area contributed by atoms with E-state index in [1.807, 2.05) is 24.3 Å². The Labute approximate surface area is 116 Å². The van der Waals surface area contributed by atoms with Gasteiger partial charge in [0.25, 0.3) is 0 Å². The fourth-order valence-corrected chi connectivity index (χ4v) is 2.18. The first-order chi connectivity index (χ1) is 8.08. The number of hydrogen-bond acceptors (Lipinski definition) is 1.